The first-order valence-electron chi connectivity index (χ1n) is 28.0. The number of esters is 1. The van der Waals surface area contributed by atoms with Crippen LogP contribution in [0.3, 0.4) is 0 Å². The molecule has 8 nitrogen and oxygen atoms in total. The highest BCUT2D eigenvalue weighted by Crippen LogP contribution is 2.43. The van der Waals surface area contributed by atoms with Crippen LogP contribution in [0.5, 0.6) is 0 Å². The van der Waals surface area contributed by atoms with Gasteiger partial charge in [0.25, 0.3) is 0 Å². The van der Waals surface area contributed by atoms with Crippen molar-refractivity contribution in [2.75, 3.05) is 54.1 Å². The van der Waals surface area contributed by atoms with Crippen molar-refractivity contribution in [1.29, 1.82) is 0 Å². The molecule has 9 heteroatoms. The highest BCUT2D eigenvalue weighted by molar-refractivity contribution is 7.47. The van der Waals surface area contributed by atoms with E-state index in [2.05, 4.69) is 74.6 Å². The van der Waals surface area contributed by atoms with Crippen molar-refractivity contribution in [2.45, 2.75) is 251 Å². The fraction of sp³-hybridized carbons (Fsp3) is 0.810. The Balaban J connectivity index is 4.11. The van der Waals surface area contributed by atoms with Gasteiger partial charge in [-0.15, -0.1) is 0 Å². The molecule has 0 aliphatic rings. The van der Waals surface area contributed by atoms with Gasteiger partial charge in [0.1, 0.15) is 19.3 Å². The monoisotopic (exact) mass is 963 g/mol. The molecular formula is C58H109NO7P+. The third-order valence-electron chi connectivity index (χ3n) is 12.1. The molecule has 0 aliphatic heterocycles. The Morgan fingerprint density at radius 1 is 0.463 bits per heavy atom. The molecule has 0 aromatic rings. The van der Waals surface area contributed by atoms with E-state index in [-0.39, 0.29) is 25.8 Å². The molecule has 0 saturated heterocycles. The van der Waals surface area contributed by atoms with Gasteiger partial charge in [-0.2, -0.15) is 0 Å². The number of hydrogen-bond acceptors (Lipinski definition) is 6. The SMILES string of the molecule is CCCCC/C=C\C/C=C\CCCCCCCCCCCCOCC(COP(=O)(O)OCC[N+](C)(C)C)OC(=O)CCCCCCCCCCCC/C=C\C/C=C\C/C=C\CCCCCCC. The quantitative estimate of drug-likeness (QED) is 0.0213. The van der Waals surface area contributed by atoms with E-state index in [9.17, 15) is 14.3 Å². The van der Waals surface area contributed by atoms with Crippen molar-refractivity contribution in [3.63, 3.8) is 0 Å². The van der Waals surface area contributed by atoms with Crippen LogP contribution in [0, 0.1) is 0 Å². The minimum absolute atomic E-state index is 0.0855. The van der Waals surface area contributed by atoms with Crippen molar-refractivity contribution < 1.29 is 37.3 Å². The van der Waals surface area contributed by atoms with Crippen molar-refractivity contribution in [1.82, 2.24) is 0 Å². The molecule has 67 heavy (non-hydrogen) atoms. The van der Waals surface area contributed by atoms with E-state index in [1.165, 1.54) is 173 Å². The third kappa shape index (κ3) is 55.0. The van der Waals surface area contributed by atoms with Gasteiger partial charge in [0.2, 0.25) is 0 Å². The zero-order valence-corrected chi connectivity index (χ0v) is 45.5. The zero-order valence-electron chi connectivity index (χ0n) is 44.6. The van der Waals surface area contributed by atoms with E-state index in [1.807, 2.05) is 21.1 Å². The van der Waals surface area contributed by atoms with Crippen LogP contribution in [0.25, 0.3) is 0 Å². The highest BCUT2D eigenvalue weighted by Gasteiger charge is 2.26. The third-order valence-corrected chi connectivity index (χ3v) is 13.0. The Kier molecular flexibility index (Phi) is 49.2. The van der Waals surface area contributed by atoms with Crippen LogP contribution in [0.4, 0.5) is 0 Å². The van der Waals surface area contributed by atoms with E-state index in [0.29, 0.717) is 24.1 Å². The molecule has 2 unspecified atom stereocenters. The minimum atomic E-state index is -4.29. The van der Waals surface area contributed by atoms with Crippen molar-refractivity contribution in [3.8, 4) is 0 Å². The van der Waals surface area contributed by atoms with Gasteiger partial charge in [-0.3, -0.25) is 13.8 Å². The minimum Gasteiger partial charge on any atom is -0.457 e. The maximum atomic E-state index is 12.8. The number of phosphoric ester groups is 1. The summed E-state index contributed by atoms with van der Waals surface area (Å²) >= 11 is 0. The predicted molar refractivity (Wildman–Crippen MR) is 289 cm³/mol. The molecule has 0 heterocycles. The van der Waals surface area contributed by atoms with Crippen LogP contribution >= 0.6 is 7.82 Å². The first-order valence-corrected chi connectivity index (χ1v) is 29.5. The Bertz CT molecular complexity index is 1260. The molecule has 0 spiro atoms. The lowest BCUT2D eigenvalue weighted by molar-refractivity contribution is -0.870. The maximum absolute atomic E-state index is 12.8. The standard InChI is InChI=1S/C58H108NO7P/c1-6-8-10-12-14-16-18-20-22-24-26-28-29-30-31-32-33-35-37-39-41-43-45-47-49-51-58(60)66-57(56-65-67(61,62)64-54-52-59(3,4)5)55-63-53-50-48-46-44-42-40-38-36-34-27-25-23-21-19-17-15-13-11-9-7-2/h15,17-18,20-21,23-24,26,29-30,57H,6-14,16,19,22,25,27-28,31-56H2,1-5H3/p+1/b17-15-,20-18-,23-21-,26-24-,30-29-. The second kappa shape index (κ2) is 50.6. The Morgan fingerprint density at radius 3 is 1.25 bits per heavy atom. The van der Waals surface area contributed by atoms with Crippen LogP contribution in [-0.4, -0.2) is 75.6 Å². The zero-order chi connectivity index (χ0) is 49.0. The molecule has 0 saturated carbocycles. The number of allylic oxidation sites excluding steroid dienone is 10. The Morgan fingerprint density at radius 2 is 0.821 bits per heavy atom. The number of ether oxygens (including phenoxy) is 2. The van der Waals surface area contributed by atoms with Gasteiger partial charge < -0.3 is 18.9 Å². The molecule has 0 bridgehead atoms. The van der Waals surface area contributed by atoms with Crippen LogP contribution in [0.1, 0.15) is 245 Å². The summed E-state index contributed by atoms with van der Waals surface area (Å²) in [5, 5.41) is 0. The summed E-state index contributed by atoms with van der Waals surface area (Å²) in [6.45, 7) is 5.60. The van der Waals surface area contributed by atoms with E-state index >= 15 is 0 Å². The van der Waals surface area contributed by atoms with Crippen LogP contribution < -0.4 is 0 Å². The van der Waals surface area contributed by atoms with Gasteiger partial charge in [0.15, 0.2) is 0 Å². The second-order valence-corrected chi connectivity index (χ2v) is 21.4. The summed E-state index contributed by atoms with van der Waals surface area (Å²) in [5.41, 5.74) is 0. The molecule has 1 N–H and O–H groups in total. The smallest absolute Gasteiger partial charge is 0.457 e. The van der Waals surface area contributed by atoms with Gasteiger partial charge in [0.05, 0.1) is 34.4 Å². The molecule has 0 rings (SSSR count). The lowest BCUT2D eigenvalue weighted by atomic mass is 10.0. The molecule has 0 amide bonds. The number of likely N-dealkylation sites (N-methyl/N-ethyl adjacent to an activating group) is 1. The highest BCUT2D eigenvalue weighted by atomic mass is 31.2. The fourth-order valence-corrected chi connectivity index (χ4v) is 8.45. The first-order chi connectivity index (χ1) is 32.6. The summed E-state index contributed by atoms with van der Waals surface area (Å²) in [6.07, 6.45) is 65.6. The normalized spacial score (nSPS) is 13.9. The maximum Gasteiger partial charge on any atom is 0.472 e. The first kappa shape index (κ1) is 65.2. The lowest BCUT2D eigenvalue weighted by Gasteiger charge is -2.24. The molecule has 0 radical (unpaired) electrons. The number of carbonyl (C=O) groups excluding carboxylic acids is 1. The molecule has 0 aromatic carbocycles. The van der Waals surface area contributed by atoms with Crippen molar-refractivity contribution >= 4 is 13.8 Å². The van der Waals surface area contributed by atoms with Gasteiger partial charge in [-0.1, -0.05) is 216 Å². The molecular weight excluding hydrogens is 854 g/mol. The van der Waals surface area contributed by atoms with E-state index in [4.69, 9.17) is 18.5 Å². The number of hydrogen-bond donors (Lipinski definition) is 1. The number of phosphoric acid groups is 1. The van der Waals surface area contributed by atoms with Gasteiger partial charge in [0, 0.05) is 13.0 Å². The number of carbonyl (C=O) groups is 1. The predicted octanol–water partition coefficient (Wildman–Crippen LogP) is 17.6. The molecule has 2 atom stereocenters. The number of rotatable bonds is 52. The fourth-order valence-electron chi connectivity index (χ4n) is 7.71. The lowest BCUT2D eigenvalue weighted by Crippen LogP contribution is -2.37. The van der Waals surface area contributed by atoms with Gasteiger partial charge in [-0.25, -0.2) is 4.57 Å². The Labute approximate surface area is 415 Å². The van der Waals surface area contributed by atoms with Crippen LogP contribution in [-0.2, 0) is 27.9 Å². The van der Waals surface area contributed by atoms with E-state index < -0.39 is 13.9 Å². The second-order valence-electron chi connectivity index (χ2n) is 20.0. The summed E-state index contributed by atoms with van der Waals surface area (Å²) in [7, 11) is 1.66. The summed E-state index contributed by atoms with van der Waals surface area (Å²) in [6, 6.07) is 0. The van der Waals surface area contributed by atoms with Crippen LogP contribution in [0.15, 0.2) is 60.8 Å². The molecule has 0 aliphatic carbocycles. The van der Waals surface area contributed by atoms with E-state index in [0.717, 1.165) is 51.4 Å². The molecule has 392 valence electrons. The summed E-state index contributed by atoms with van der Waals surface area (Å²) < 4.78 is 35.2. The van der Waals surface area contributed by atoms with Gasteiger partial charge in [-0.05, 0) is 83.5 Å². The molecule has 0 aromatic heterocycles. The van der Waals surface area contributed by atoms with Crippen molar-refractivity contribution in [3.05, 3.63) is 60.8 Å². The Hall–Kier alpha value is -1.80. The number of unbranched alkanes of at least 4 members (excludes halogenated alkanes) is 28. The average Bonchev–Trinajstić information content (AvgIpc) is 3.29. The van der Waals surface area contributed by atoms with Crippen molar-refractivity contribution in [2.24, 2.45) is 0 Å². The summed E-state index contributed by atoms with van der Waals surface area (Å²) in [5.74, 6) is -0.318. The largest absolute Gasteiger partial charge is 0.472 e. The van der Waals surface area contributed by atoms with Gasteiger partial charge >= 0.3 is 13.8 Å². The number of nitrogens with zero attached hydrogens (tertiary/aromatic N) is 1. The number of quaternary nitrogens is 1. The van der Waals surface area contributed by atoms with Crippen LogP contribution in [0.2, 0.25) is 0 Å². The van der Waals surface area contributed by atoms with E-state index in [1.54, 1.807) is 0 Å². The molecule has 0 fully saturated rings. The summed E-state index contributed by atoms with van der Waals surface area (Å²) in [4.78, 5) is 23.1. The topological polar surface area (TPSA) is 91.3 Å². The average molecular weight is 963 g/mol.